The summed E-state index contributed by atoms with van der Waals surface area (Å²) < 4.78 is 178. The van der Waals surface area contributed by atoms with Crippen LogP contribution in [0.4, 0.5) is 52.7 Å². The Balaban J connectivity index is 2.33. The topological polar surface area (TPSA) is 143 Å². The van der Waals surface area contributed by atoms with E-state index in [1.165, 1.54) is 0 Å². The van der Waals surface area contributed by atoms with Crippen LogP contribution in [0, 0.1) is 138 Å². The van der Waals surface area contributed by atoms with Gasteiger partial charge in [0.1, 0.15) is 53.1 Å². The molecule has 0 aromatic heterocycles. The largest absolute Gasteiger partial charge is 0.203 e. The summed E-state index contributed by atoms with van der Waals surface area (Å²) >= 11 is 0. The molecule has 240 valence electrons. The highest BCUT2D eigenvalue weighted by molar-refractivity contribution is 6.01. The molecular formula is C31H2F12N6. The van der Waals surface area contributed by atoms with Gasteiger partial charge in [-0.3, -0.25) is 0 Å². The van der Waals surface area contributed by atoms with E-state index in [1.807, 2.05) is 0 Å². The molecule has 1 aliphatic carbocycles. The summed E-state index contributed by atoms with van der Waals surface area (Å²) in [4.78, 5) is 0. The molecule has 49 heavy (non-hydrogen) atoms. The fourth-order valence-corrected chi connectivity index (χ4v) is 4.79. The highest BCUT2D eigenvalue weighted by Gasteiger charge is 2.41. The lowest BCUT2D eigenvalue weighted by molar-refractivity contribution is 0.446. The zero-order valence-corrected chi connectivity index (χ0v) is 22.9. The van der Waals surface area contributed by atoms with Crippen LogP contribution in [-0.4, -0.2) is 0 Å². The normalized spacial score (nSPS) is 15.1. The Morgan fingerprint density at radius 2 is 0.571 bits per heavy atom. The van der Waals surface area contributed by atoms with Crippen molar-refractivity contribution in [2.24, 2.45) is 0 Å². The summed E-state index contributed by atoms with van der Waals surface area (Å²) in [5.74, 6) is -29.3. The van der Waals surface area contributed by atoms with Crippen molar-refractivity contribution in [3.63, 3.8) is 0 Å². The third-order valence-electron chi connectivity index (χ3n) is 7.02. The zero-order chi connectivity index (χ0) is 36.8. The molecular weight excluding hydrogens is 684 g/mol. The number of hydrogen-bond donors (Lipinski definition) is 0. The van der Waals surface area contributed by atoms with Crippen LogP contribution in [0.5, 0.6) is 0 Å². The van der Waals surface area contributed by atoms with Crippen LogP contribution in [0.15, 0.2) is 16.7 Å². The van der Waals surface area contributed by atoms with Crippen LogP contribution in [-0.2, 0) is 0 Å². The van der Waals surface area contributed by atoms with E-state index in [1.54, 1.807) is 0 Å². The number of benzene rings is 3. The summed E-state index contributed by atoms with van der Waals surface area (Å²) in [6.45, 7) is 0. The molecule has 18 heteroatoms. The first-order chi connectivity index (χ1) is 23.1. The molecule has 6 nitrogen and oxygen atoms in total. The third kappa shape index (κ3) is 4.88. The van der Waals surface area contributed by atoms with E-state index in [9.17, 15) is 42.1 Å². The Hall–Kier alpha value is -7.02. The lowest BCUT2D eigenvalue weighted by Gasteiger charge is -2.31. The van der Waals surface area contributed by atoms with Gasteiger partial charge >= 0.3 is 0 Å². The molecule has 0 unspecified atom stereocenters. The summed E-state index contributed by atoms with van der Waals surface area (Å²) in [7, 11) is 0. The van der Waals surface area contributed by atoms with Gasteiger partial charge in [0.25, 0.3) is 0 Å². The van der Waals surface area contributed by atoms with Crippen molar-refractivity contribution in [2.75, 3.05) is 0 Å². The molecule has 0 N–H and O–H groups in total. The Kier molecular flexibility index (Phi) is 8.99. The molecule has 0 atom stereocenters. The quantitative estimate of drug-likeness (QED) is 0.158. The minimum Gasteiger partial charge on any atom is -0.203 e. The molecule has 0 bridgehead atoms. The van der Waals surface area contributed by atoms with Gasteiger partial charge in [-0.2, -0.15) is 31.6 Å². The second-order valence-electron chi connectivity index (χ2n) is 9.32. The van der Waals surface area contributed by atoms with Crippen molar-refractivity contribution in [1.82, 2.24) is 0 Å². The van der Waals surface area contributed by atoms with Gasteiger partial charge in [0.2, 0.25) is 0 Å². The van der Waals surface area contributed by atoms with Crippen molar-refractivity contribution in [3.8, 4) is 36.4 Å². The van der Waals surface area contributed by atoms with Gasteiger partial charge in [0, 0.05) is 12.0 Å². The lowest BCUT2D eigenvalue weighted by Crippen LogP contribution is -2.19. The second-order valence-corrected chi connectivity index (χ2v) is 9.32. The first kappa shape index (κ1) is 34.8. The van der Waals surface area contributed by atoms with Crippen molar-refractivity contribution in [3.05, 3.63) is 120 Å². The monoisotopic (exact) mass is 686 g/mol. The predicted molar refractivity (Wildman–Crippen MR) is 135 cm³/mol. The first-order valence-corrected chi connectivity index (χ1v) is 12.3. The molecule has 1 aliphatic rings. The van der Waals surface area contributed by atoms with Gasteiger partial charge in [-0.05, 0) is 11.1 Å². The first-order valence-electron chi connectivity index (χ1n) is 12.3. The van der Waals surface area contributed by atoms with Gasteiger partial charge in [0.05, 0.1) is 33.4 Å². The molecule has 1 fully saturated rings. The summed E-state index contributed by atoms with van der Waals surface area (Å²) in [5, 5.41) is 56.1. The third-order valence-corrected chi connectivity index (χ3v) is 7.02. The maximum atomic E-state index is 15.2. The lowest BCUT2D eigenvalue weighted by atomic mass is 9.70. The van der Waals surface area contributed by atoms with Crippen LogP contribution in [0.2, 0.25) is 0 Å². The number of allylic oxidation sites excluding steroid dienone is 6. The van der Waals surface area contributed by atoms with Crippen LogP contribution < -0.4 is 0 Å². The van der Waals surface area contributed by atoms with E-state index in [0.717, 1.165) is 36.4 Å². The van der Waals surface area contributed by atoms with Gasteiger partial charge in [-0.1, -0.05) is 0 Å². The molecule has 4 rings (SSSR count). The second kappa shape index (κ2) is 12.6. The summed E-state index contributed by atoms with van der Waals surface area (Å²) in [6, 6.07) is 5.47. The van der Waals surface area contributed by atoms with E-state index >= 15 is 26.3 Å². The van der Waals surface area contributed by atoms with Crippen molar-refractivity contribution in [2.45, 2.75) is 6.42 Å². The number of halogens is 12. The molecule has 3 aromatic carbocycles. The molecule has 0 amide bonds. The standard InChI is InChI=1S/C31H2F12N6/c32-20-13(5-47)21(33)27(39)17(26(20)38)10(2-44)8-1-9(11(3-45)18-28(40)22(34)14(6-48)23(35)29(18)41)16(8)12(4-46)19-30(42)24(36)15(7-49)25(37)31(19)43/h1H2/b10-8-,11-9+,16-12-. The van der Waals surface area contributed by atoms with Gasteiger partial charge in [-0.25, -0.2) is 52.7 Å². The van der Waals surface area contributed by atoms with Crippen molar-refractivity contribution >= 4 is 16.7 Å². The molecule has 1 saturated carbocycles. The smallest absolute Gasteiger partial charge is 0.180 e. The van der Waals surface area contributed by atoms with Crippen LogP contribution in [0.25, 0.3) is 16.7 Å². The van der Waals surface area contributed by atoms with Crippen LogP contribution >= 0.6 is 0 Å². The summed E-state index contributed by atoms with van der Waals surface area (Å²) in [6.07, 6.45) is -1.32. The zero-order valence-electron chi connectivity index (χ0n) is 22.9. The van der Waals surface area contributed by atoms with E-state index in [4.69, 9.17) is 15.8 Å². The van der Waals surface area contributed by atoms with E-state index in [2.05, 4.69) is 0 Å². The molecule has 0 spiro atoms. The molecule has 3 aromatic rings. The number of rotatable bonds is 3. The minimum absolute atomic E-state index is 0.778. The van der Waals surface area contributed by atoms with Crippen molar-refractivity contribution in [1.29, 1.82) is 31.6 Å². The maximum absolute atomic E-state index is 15.2. The molecule has 0 radical (unpaired) electrons. The van der Waals surface area contributed by atoms with E-state index < -0.39 is 143 Å². The molecule has 0 heterocycles. The fourth-order valence-electron chi connectivity index (χ4n) is 4.79. The average Bonchev–Trinajstić information content (AvgIpc) is 3.07. The predicted octanol–water partition coefficient (Wildman–Crippen LogP) is 7.61. The number of nitrogens with zero attached hydrogens (tertiary/aromatic N) is 6. The van der Waals surface area contributed by atoms with E-state index in [0.29, 0.717) is 0 Å². The van der Waals surface area contributed by atoms with Gasteiger partial charge < -0.3 is 0 Å². The summed E-state index contributed by atoms with van der Waals surface area (Å²) in [5.41, 5.74) is -20.2. The van der Waals surface area contributed by atoms with Crippen molar-refractivity contribution < 1.29 is 52.7 Å². The highest BCUT2D eigenvalue weighted by Crippen LogP contribution is 2.52. The van der Waals surface area contributed by atoms with Gasteiger partial charge in [-0.15, -0.1) is 0 Å². The Morgan fingerprint density at radius 3 is 0.776 bits per heavy atom. The SMILES string of the molecule is N#C/C(=C1/CC(=C(\C#N)c2c(F)c(F)c(C#N)c(F)c2F)/C1=C(\C#N)c1c(F)c(F)c(C#N)c(F)c1F)c1c(F)c(F)c(C#N)c(F)c1F. The highest BCUT2D eigenvalue weighted by atomic mass is 19.2. The fraction of sp³-hybridized carbons (Fsp3) is 0.0323. The maximum Gasteiger partial charge on any atom is 0.180 e. The Bertz CT molecular complexity index is 2250. The molecule has 0 aliphatic heterocycles. The van der Waals surface area contributed by atoms with Gasteiger partial charge in [0.15, 0.2) is 69.8 Å². The van der Waals surface area contributed by atoms with Crippen LogP contribution in [0.3, 0.4) is 0 Å². The minimum atomic E-state index is -2.53. The van der Waals surface area contributed by atoms with Crippen LogP contribution in [0.1, 0.15) is 39.8 Å². The average molecular weight is 686 g/mol. The Morgan fingerprint density at radius 1 is 0.347 bits per heavy atom. The molecule has 0 saturated heterocycles. The number of hydrogen-bond acceptors (Lipinski definition) is 6. The number of nitriles is 6. The van der Waals surface area contributed by atoms with E-state index in [-0.39, 0.29) is 0 Å². The Labute approximate surface area is 264 Å².